The first kappa shape index (κ1) is 35.7. The molecule has 256 valence electrons. The molecule has 0 saturated heterocycles. The molecule has 50 heavy (non-hydrogen) atoms. The number of nitrogens with one attached hydrogen (secondary N) is 2. The molecule has 0 unspecified atom stereocenters. The van der Waals surface area contributed by atoms with E-state index in [1.54, 1.807) is 36.4 Å². The number of hydrogen-bond acceptors (Lipinski definition) is 10. The van der Waals surface area contributed by atoms with E-state index in [1.165, 1.54) is 14.2 Å². The number of carbonyl (C=O) groups is 6. The van der Waals surface area contributed by atoms with Crippen LogP contribution in [0.2, 0.25) is 0 Å². The predicted molar refractivity (Wildman–Crippen MR) is 185 cm³/mol. The number of hydrogen-bond donors (Lipinski definition) is 2. The number of Topliss-reactive ketones (excluding diaryl/α,β-unsaturated/α-hetero) is 2. The van der Waals surface area contributed by atoms with Gasteiger partial charge in [-0.15, -0.1) is 0 Å². The van der Waals surface area contributed by atoms with Crippen molar-refractivity contribution in [3.8, 4) is 0 Å². The van der Waals surface area contributed by atoms with Gasteiger partial charge in [0, 0.05) is 35.1 Å². The maximum absolute atomic E-state index is 13.7. The van der Waals surface area contributed by atoms with E-state index in [0.29, 0.717) is 24.0 Å². The van der Waals surface area contributed by atoms with E-state index in [0.717, 1.165) is 11.1 Å². The first-order chi connectivity index (χ1) is 24.2. The highest BCUT2D eigenvalue weighted by Gasteiger charge is 2.31. The number of esters is 2. The molecule has 0 spiro atoms. The molecule has 4 aromatic rings. The zero-order chi connectivity index (χ0) is 35.6. The van der Waals surface area contributed by atoms with Crippen LogP contribution in [-0.4, -0.2) is 74.5 Å². The van der Waals surface area contributed by atoms with Crippen LogP contribution in [0, 0.1) is 0 Å². The fourth-order valence-corrected chi connectivity index (χ4v) is 5.98. The second kappa shape index (κ2) is 16.7. The van der Waals surface area contributed by atoms with Crippen molar-refractivity contribution in [1.82, 2.24) is 10.6 Å². The van der Waals surface area contributed by atoms with Crippen LogP contribution in [0.1, 0.15) is 54.1 Å². The lowest BCUT2D eigenvalue weighted by Crippen LogP contribution is -2.42. The smallest absolute Gasteiger partial charge is 0.323 e. The Labute approximate surface area is 290 Å². The Kier molecular flexibility index (Phi) is 11.9. The van der Waals surface area contributed by atoms with E-state index in [-0.39, 0.29) is 71.3 Å². The molecule has 0 aliphatic heterocycles. The highest BCUT2D eigenvalue weighted by atomic mass is 16.5. The molecule has 0 fully saturated rings. The molecule has 1 aliphatic carbocycles. The SMILES string of the molecule is COC(=O)[C@H](Cc1ccccc1)NCC(=O)Cc1ccc2c(c1)C(=O)c1cc(CC(=O)CN[C@H](Cc3ccccc3)C(=O)OC)ccc1C2=O. The Morgan fingerprint density at radius 1 is 0.520 bits per heavy atom. The monoisotopic (exact) mass is 674 g/mol. The minimum atomic E-state index is -0.717. The van der Waals surface area contributed by atoms with E-state index < -0.39 is 24.0 Å². The molecule has 10 nitrogen and oxygen atoms in total. The van der Waals surface area contributed by atoms with Crippen molar-refractivity contribution < 1.29 is 38.2 Å². The van der Waals surface area contributed by atoms with Crippen molar-refractivity contribution in [2.24, 2.45) is 0 Å². The van der Waals surface area contributed by atoms with Crippen LogP contribution in [0.5, 0.6) is 0 Å². The molecule has 2 N–H and O–H groups in total. The summed E-state index contributed by atoms with van der Waals surface area (Å²) >= 11 is 0. The van der Waals surface area contributed by atoms with Gasteiger partial charge < -0.3 is 9.47 Å². The lowest BCUT2D eigenvalue weighted by Gasteiger charge is -2.19. The van der Waals surface area contributed by atoms with Gasteiger partial charge in [0.2, 0.25) is 0 Å². The van der Waals surface area contributed by atoms with Crippen molar-refractivity contribution in [1.29, 1.82) is 0 Å². The highest BCUT2D eigenvalue weighted by Crippen LogP contribution is 2.29. The number of methoxy groups -OCH3 is 2. The first-order valence-corrected chi connectivity index (χ1v) is 16.3. The molecule has 1 aliphatic rings. The molecule has 0 heterocycles. The maximum Gasteiger partial charge on any atom is 0.323 e. The highest BCUT2D eigenvalue weighted by molar-refractivity contribution is 6.28. The molecule has 0 saturated carbocycles. The van der Waals surface area contributed by atoms with Gasteiger partial charge in [0.05, 0.1) is 27.3 Å². The van der Waals surface area contributed by atoms with Crippen LogP contribution in [0.25, 0.3) is 0 Å². The van der Waals surface area contributed by atoms with Crippen LogP contribution in [0.15, 0.2) is 97.1 Å². The Morgan fingerprint density at radius 3 is 1.28 bits per heavy atom. The summed E-state index contributed by atoms with van der Waals surface area (Å²) < 4.78 is 9.82. The third-order valence-corrected chi connectivity index (χ3v) is 8.58. The number of ketones is 4. The van der Waals surface area contributed by atoms with Gasteiger partial charge in [0.1, 0.15) is 12.1 Å². The van der Waals surface area contributed by atoms with Crippen molar-refractivity contribution in [2.45, 2.75) is 37.8 Å². The molecular weight excluding hydrogens is 636 g/mol. The summed E-state index contributed by atoms with van der Waals surface area (Å²) in [5, 5.41) is 5.97. The van der Waals surface area contributed by atoms with E-state index in [1.807, 2.05) is 60.7 Å². The summed E-state index contributed by atoms with van der Waals surface area (Å²) in [6.07, 6.45) is 0.655. The molecule has 0 radical (unpaired) electrons. The molecule has 0 bridgehead atoms. The molecule has 0 aromatic heterocycles. The molecular formula is C40H38N2O8. The second-order valence-electron chi connectivity index (χ2n) is 12.1. The average Bonchev–Trinajstić information content (AvgIpc) is 3.14. The Hall–Kier alpha value is -5.58. The number of ether oxygens (including phenoxy) is 2. The van der Waals surface area contributed by atoms with Crippen molar-refractivity contribution in [3.63, 3.8) is 0 Å². The summed E-state index contributed by atoms with van der Waals surface area (Å²) in [6.45, 7) is -0.198. The van der Waals surface area contributed by atoms with Crippen LogP contribution >= 0.6 is 0 Å². The van der Waals surface area contributed by atoms with Crippen molar-refractivity contribution >= 4 is 35.1 Å². The fourth-order valence-electron chi connectivity index (χ4n) is 5.98. The van der Waals surface area contributed by atoms with E-state index >= 15 is 0 Å². The van der Waals surface area contributed by atoms with E-state index in [4.69, 9.17) is 9.47 Å². The van der Waals surface area contributed by atoms with Gasteiger partial charge in [-0.2, -0.15) is 0 Å². The number of rotatable bonds is 16. The summed E-state index contributed by atoms with van der Waals surface area (Å²) in [4.78, 5) is 77.6. The lowest BCUT2D eigenvalue weighted by atomic mass is 9.82. The fraction of sp³-hybridized carbons (Fsp3) is 0.250. The summed E-state index contributed by atoms with van der Waals surface area (Å²) in [5.41, 5.74) is 3.77. The molecule has 2 atom stereocenters. The average molecular weight is 675 g/mol. The summed E-state index contributed by atoms with van der Waals surface area (Å²) in [7, 11) is 2.59. The van der Waals surface area contributed by atoms with E-state index in [9.17, 15) is 28.8 Å². The van der Waals surface area contributed by atoms with Gasteiger partial charge in [-0.3, -0.25) is 39.4 Å². The minimum absolute atomic E-state index is 0.0216. The normalized spacial score (nSPS) is 13.1. The first-order valence-electron chi connectivity index (χ1n) is 16.3. The second-order valence-corrected chi connectivity index (χ2v) is 12.1. The van der Waals surface area contributed by atoms with Gasteiger partial charge in [0.15, 0.2) is 23.1 Å². The quantitative estimate of drug-likeness (QED) is 0.149. The zero-order valence-electron chi connectivity index (χ0n) is 27.9. The van der Waals surface area contributed by atoms with Crippen LogP contribution < -0.4 is 10.6 Å². The van der Waals surface area contributed by atoms with Gasteiger partial charge in [-0.05, 0) is 47.2 Å². The van der Waals surface area contributed by atoms with Crippen LogP contribution in [0.4, 0.5) is 0 Å². The van der Waals surface area contributed by atoms with Gasteiger partial charge in [-0.25, -0.2) is 0 Å². The number of benzene rings is 4. The van der Waals surface area contributed by atoms with Crippen molar-refractivity contribution in [3.05, 3.63) is 142 Å². The van der Waals surface area contributed by atoms with Crippen LogP contribution in [-0.2, 0) is 54.3 Å². The third kappa shape index (κ3) is 8.90. The summed E-state index contributed by atoms with van der Waals surface area (Å²) in [6, 6.07) is 26.8. The maximum atomic E-state index is 13.7. The number of carbonyl (C=O) groups excluding carboxylic acids is 6. The number of fused-ring (bicyclic) bond motifs is 2. The molecule has 0 amide bonds. The van der Waals surface area contributed by atoms with Crippen LogP contribution in [0.3, 0.4) is 0 Å². The topological polar surface area (TPSA) is 145 Å². The third-order valence-electron chi connectivity index (χ3n) is 8.58. The minimum Gasteiger partial charge on any atom is -0.468 e. The van der Waals surface area contributed by atoms with Gasteiger partial charge >= 0.3 is 11.9 Å². The largest absolute Gasteiger partial charge is 0.468 e. The molecule has 4 aromatic carbocycles. The predicted octanol–water partition coefficient (Wildman–Crippen LogP) is 3.43. The van der Waals surface area contributed by atoms with Crippen molar-refractivity contribution in [2.75, 3.05) is 27.3 Å². The van der Waals surface area contributed by atoms with Gasteiger partial charge in [-0.1, -0.05) is 84.9 Å². The molecule has 10 heteroatoms. The zero-order valence-corrected chi connectivity index (χ0v) is 27.9. The van der Waals surface area contributed by atoms with Gasteiger partial charge in [0.25, 0.3) is 0 Å². The Morgan fingerprint density at radius 2 is 0.900 bits per heavy atom. The summed E-state index contributed by atoms with van der Waals surface area (Å²) in [5.74, 6) is -2.09. The Balaban J connectivity index is 1.22. The Bertz CT molecular complexity index is 1770. The van der Waals surface area contributed by atoms with E-state index in [2.05, 4.69) is 10.6 Å². The standard InChI is InChI=1S/C40H38N2O8/c1-49-39(47)35(21-25-9-5-3-6-10-25)41-23-29(43)17-27-13-15-31-33(19-27)38(46)34-20-28(14-16-32(34)37(31)45)18-30(44)24-42-36(40(48)50-2)22-26-11-7-4-8-12-26/h3-16,19-20,35-36,41-42H,17-18,21-24H2,1-2H3/t35-,36+. The molecule has 5 rings (SSSR count). The lowest BCUT2D eigenvalue weighted by molar-refractivity contribution is -0.144.